The molecule has 0 radical (unpaired) electrons. The van der Waals surface area contributed by atoms with Crippen molar-refractivity contribution < 1.29 is 9.59 Å². The third-order valence-electron chi connectivity index (χ3n) is 21.2. The second-order valence-corrected chi connectivity index (χ2v) is 31.6. The summed E-state index contributed by atoms with van der Waals surface area (Å²) in [5, 5.41) is 21.0. The molecule has 4 aromatic heterocycles. The normalized spacial score (nSPS) is 15.0. The van der Waals surface area contributed by atoms with Crippen molar-refractivity contribution in [3.05, 3.63) is 302 Å². The molecule has 0 saturated heterocycles. The first kappa shape index (κ1) is 67.8. The first-order valence-corrected chi connectivity index (χ1v) is 39.4. The Balaban J connectivity index is 1.06. The SMILES string of the molecule is [C-]#[N+]C([N+]#[C-])=C1/C(=C/c2cc3c(s2)-c2sc4c5c(sc4c2C3(c2ccc(CCCCCC)cc2)c2ccc(CCCCCC)cc2)-c2sc(/C=C3\C(=O)c4ccccc4C3=C(C#N)C#N)cc2C5(c2ccc(CCCCCC)cc2)c2ccc(CCCCCC)cc2)C(=O)c2ccccc21. The van der Waals surface area contributed by atoms with Gasteiger partial charge >= 0.3 is 5.82 Å². The van der Waals surface area contributed by atoms with Gasteiger partial charge in [-0.25, -0.2) is 0 Å². The summed E-state index contributed by atoms with van der Waals surface area (Å²) in [7, 11) is 0. The Morgan fingerprint density at radius 3 is 1.05 bits per heavy atom. The van der Waals surface area contributed by atoms with Gasteiger partial charge in [0.25, 0.3) is 0 Å². The first-order chi connectivity index (χ1) is 49.1. The molecule has 0 unspecified atom stereocenters. The maximum atomic E-state index is 14.8. The highest BCUT2D eigenvalue weighted by molar-refractivity contribution is 7.34. The molecule has 10 aromatic rings. The van der Waals surface area contributed by atoms with Crippen molar-refractivity contribution >= 4 is 89.6 Å². The van der Waals surface area contributed by atoms with Crippen molar-refractivity contribution in [2.24, 2.45) is 0 Å². The number of hydrogen-bond donors (Lipinski definition) is 0. The van der Waals surface area contributed by atoms with E-state index in [1.54, 1.807) is 28.7 Å². The molecule has 4 aliphatic carbocycles. The first-order valence-electron chi connectivity index (χ1n) is 36.1. The number of ketones is 2. The lowest BCUT2D eigenvalue weighted by atomic mass is 9.67. The monoisotopic (exact) mass is 1380 g/mol. The number of benzene rings is 6. The number of thiophene rings is 4. The molecule has 0 amide bonds. The van der Waals surface area contributed by atoms with Gasteiger partial charge in [-0.3, -0.25) is 9.59 Å². The zero-order valence-corrected chi connectivity index (χ0v) is 60.8. The standard InChI is InChI=1S/C90H80N4O2S4/c1-7-11-15-19-27-57-35-43-62(44-36-57)89(63-45-37-58(38-46-63)28-20-16-12-8-2)74-53-66(51-72-76(61(55-91)56-92)68-31-23-25-33-70(68)80(72)95)97-82(74)84-78(89)86-87(99-84)79-85(100-86)83-75(54-67(98-83)52-73-77(88(93-5)94-6)69-32-24-26-34-71(69)81(73)96)90(79,64-47-39-59(40-48-64)29-21-17-13-9-3)65-49-41-60(42-50-65)30-22-18-14-10-4/h23-26,31-54H,7-22,27-30H2,1-4H3/b72-51-,73-52-. The number of fused-ring (bicyclic) bond motifs is 11. The molecule has 14 rings (SSSR count). The van der Waals surface area contributed by atoms with E-state index in [2.05, 4.69) is 159 Å². The summed E-state index contributed by atoms with van der Waals surface area (Å²) in [6.45, 7) is 25.5. The Bertz CT molecular complexity index is 4670. The minimum Gasteiger partial charge on any atom is -0.289 e. The molecule has 0 spiro atoms. The third-order valence-corrected chi connectivity index (χ3v) is 26.2. The van der Waals surface area contributed by atoms with E-state index in [0.717, 1.165) is 93.1 Å². The number of carbonyl (C=O) groups is 2. The van der Waals surface area contributed by atoms with Crippen LogP contribution in [-0.4, -0.2) is 11.6 Å². The summed E-state index contributed by atoms with van der Waals surface area (Å²) in [6.07, 6.45) is 26.7. The lowest BCUT2D eigenvalue weighted by Gasteiger charge is -2.34. The average Bonchev–Trinajstić information content (AvgIpc) is 1.49. The van der Waals surface area contributed by atoms with Gasteiger partial charge in [0.2, 0.25) is 0 Å². The number of hydrogen-bond acceptors (Lipinski definition) is 8. The molecule has 0 bridgehead atoms. The van der Waals surface area contributed by atoms with E-state index in [-0.39, 0.29) is 23.0 Å². The largest absolute Gasteiger partial charge is 0.528 e. The molecule has 4 heterocycles. The van der Waals surface area contributed by atoms with Crippen molar-refractivity contribution in [2.75, 3.05) is 0 Å². The number of unbranched alkanes of at least 4 members (excludes halogenated alkanes) is 12. The van der Waals surface area contributed by atoms with Crippen LogP contribution in [0.4, 0.5) is 0 Å². The number of Topliss-reactive ketones (excluding diaryl/α,β-unsaturated/α-hetero) is 2. The number of aryl methyl sites for hydroxylation is 4. The molecule has 0 fully saturated rings. The fourth-order valence-electron chi connectivity index (χ4n) is 16.3. The van der Waals surface area contributed by atoms with Crippen LogP contribution >= 0.6 is 45.3 Å². The Morgan fingerprint density at radius 1 is 0.410 bits per heavy atom. The van der Waals surface area contributed by atoms with E-state index >= 15 is 0 Å². The lowest BCUT2D eigenvalue weighted by molar-refractivity contribution is 0.103. The maximum absolute atomic E-state index is 14.8. The van der Waals surface area contributed by atoms with Crippen molar-refractivity contribution in [3.63, 3.8) is 0 Å². The summed E-state index contributed by atoms with van der Waals surface area (Å²) in [6, 6.07) is 61.7. The van der Waals surface area contributed by atoms with E-state index in [9.17, 15) is 20.1 Å². The molecule has 6 aromatic carbocycles. The Labute approximate surface area is 605 Å². The van der Waals surface area contributed by atoms with Crippen LogP contribution < -0.4 is 0 Å². The van der Waals surface area contributed by atoms with E-state index < -0.39 is 10.8 Å². The van der Waals surface area contributed by atoms with E-state index in [0.29, 0.717) is 44.5 Å². The van der Waals surface area contributed by atoms with Gasteiger partial charge in [-0.05, 0) is 142 Å². The minimum absolute atomic E-state index is 0.0836. The minimum atomic E-state index is -0.846. The molecule has 0 aliphatic heterocycles. The van der Waals surface area contributed by atoms with Crippen molar-refractivity contribution in [1.82, 2.24) is 0 Å². The van der Waals surface area contributed by atoms with Crippen LogP contribution in [0.3, 0.4) is 0 Å². The fourth-order valence-corrected chi connectivity index (χ4v) is 22.0. The van der Waals surface area contributed by atoms with Gasteiger partial charge in [0.15, 0.2) is 11.6 Å². The van der Waals surface area contributed by atoms with Gasteiger partial charge in [-0.15, -0.1) is 45.3 Å². The van der Waals surface area contributed by atoms with Gasteiger partial charge < -0.3 is 0 Å². The van der Waals surface area contributed by atoms with E-state index in [4.69, 9.17) is 13.1 Å². The maximum Gasteiger partial charge on any atom is 0.528 e. The zero-order valence-electron chi connectivity index (χ0n) is 57.5. The van der Waals surface area contributed by atoms with E-state index in [1.165, 1.54) is 141 Å². The van der Waals surface area contributed by atoms with Crippen molar-refractivity contribution in [2.45, 2.75) is 167 Å². The highest BCUT2D eigenvalue weighted by Gasteiger charge is 2.55. The van der Waals surface area contributed by atoms with Crippen LogP contribution in [0.15, 0.2) is 180 Å². The van der Waals surface area contributed by atoms with Gasteiger partial charge in [0.05, 0.1) is 45.3 Å². The molecular formula is C90H80N4O2S4. The smallest absolute Gasteiger partial charge is 0.289 e. The Morgan fingerprint density at radius 2 is 0.730 bits per heavy atom. The molecule has 496 valence electrons. The van der Waals surface area contributed by atoms with Gasteiger partial charge in [0.1, 0.15) is 30.9 Å². The van der Waals surface area contributed by atoms with Crippen molar-refractivity contribution in [1.29, 1.82) is 10.5 Å². The van der Waals surface area contributed by atoms with Crippen LogP contribution in [0.5, 0.6) is 0 Å². The molecule has 100 heavy (non-hydrogen) atoms. The zero-order chi connectivity index (χ0) is 69.1. The highest BCUT2D eigenvalue weighted by atomic mass is 32.1. The Kier molecular flexibility index (Phi) is 20.0. The molecule has 0 atom stereocenters. The predicted molar refractivity (Wildman–Crippen MR) is 417 cm³/mol. The van der Waals surface area contributed by atoms with E-state index in [1.807, 2.05) is 77.3 Å². The summed E-state index contributed by atoms with van der Waals surface area (Å²) in [5.41, 5.74) is 16.7. The Hall–Kier alpha value is -9.36. The molecule has 4 aliphatic rings. The van der Waals surface area contributed by atoms with Crippen molar-refractivity contribution in [3.8, 4) is 31.6 Å². The summed E-state index contributed by atoms with van der Waals surface area (Å²) < 4.78 is 2.46. The lowest BCUT2D eigenvalue weighted by Crippen LogP contribution is -2.29. The highest BCUT2D eigenvalue weighted by Crippen LogP contribution is 2.70. The average molecular weight is 1380 g/mol. The molecular weight excluding hydrogens is 1300 g/mol. The predicted octanol–water partition coefficient (Wildman–Crippen LogP) is 25.2. The van der Waals surface area contributed by atoms with Crippen LogP contribution in [0, 0.1) is 35.8 Å². The molecule has 10 heteroatoms. The second kappa shape index (κ2) is 29.5. The molecule has 6 nitrogen and oxygen atoms in total. The van der Waals surface area contributed by atoms with Crippen LogP contribution in [0.1, 0.15) is 239 Å². The topological polar surface area (TPSA) is 90.4 Å². The van der Waals surface area contributed by atoms with Crippen LogP contribution in [0.2, 0.25) is 0 Å². The van der Waals surface area contributed by atoms with Gasteiger partial charge in [-0.2, -0.15) is 20.2 Å². The third kappa shape index (κ3) is 11.8. The number of nitriles is 2. The number of nitrogens with zero attached hydrogens (tertiary/aromatic N) is 4. The number of allylic oxidation sites excluding steroid dienone is 5. The van der Waals surface area contributed by atoms with Crippen LogP contribution in [-0.2, 0) is 36.5 Å². The summed E-state index contributed by atoms with van der Waals surface area (Å²) in [4.78, 5) is 43.5. The summed E-state index contributed by atoms with van der Waals surface area (Å²) >= 11 is 7.16. The molecule has 0 saturated carbocycles. The second-order valence-electron chi connectivity index (χ2n) is 27.3. The van der Waals surface area contributed by atoms with Gasteiger partial charge in [-0.1, -0.05) is 250 Å². The number of rotatable bonds is 26. The summed E-state index contributed by atoms with van der Waals surface area (Å²) in [5.74, 6) is -0.497. The molecule has 0 N–H and O–H groups in total. The fraction of sp³-hybridized carbons (Fsp3) is 0.289. The van der Waals surface area contributed by atoms with Gasteiger partial charge in [0, 0.05) is 48.7 Å². The quantitative estimate of drug-likeness (QED) is 0.0234. The van der Waals surface area contributed by atoms with Crippen LogP contribution in [0.25, 0.3) is 61.9 Å². The number of carbonyl (C=O) groups excluding carboxylic acids is 2.